The zero-order valence-electron chi connectivity index (χ0n) is 14.0. The molecular weight excluding hydrogens is 320 g/mol. The monoisotopic (exact) mass is 340 g/mol. The predicted molar refractivity (Wildman–Crippen MR) is 95.4 cm³/mol. The molecule has 3 aromatic rings. The molecule has 6 heteroatoms. The van der Waals surface area contributed by atoms with Gasteiger partial charge in [-0.05, 0) is 47.5 Å². The highest BCUT2D eigenvalue weighted by atomic mass is 32.2. The molecule has 0 aliphatic rings. The number of aromatic nitrogens is 4. The summed E-state index contributed by atoms with van der Waals surface area (Å²) >= 11 is 1.66. The average molecular weight is 340 g/mol. The van der Waals surface area contributed by atoms with Gasteiger partial charge in [0, 0.05) is 5.25 Å². The van der Waals surface area contributed by atoms with Crippen LogP contribution in [0.1, 0.15) is 28.9 Å². The first-order valence-corrected chi connectivity index (χ1v) is 8.66. The molecule has 0 amide bonds. The van der Waals surface area contributed by atoms with E-state index in [9.17, 15) is 0 Å². The molecular formula is C18H20N4OS. The quantitative estimate of drug-likeness (QED) is 0.637. The number of hydrogen-bond donors (Lipinski definition) is 0. The minimum absolute atomic E-state index is 0.284. The summed E-state index contributed by atoms with van der Waals surface area (Å²) in [6.45, 7) is 4.90. The van der Waals surface area contributed by atoms with Crippen molar-refractivity contribution in [1.29, 1.82) is 0 Å². The van der Waals surface area contributed by atoms with Gasteiger partial charge in [-0.1, -0.05) is 53.7 Å². The second-order valence-corrected chi connectivity index (χ2v) is 6.95. The highest BCUT2D eigenvalue weighted by Crippen LogP contribution is 2.33. The SMILES string of the molecule is COc1ccc(Cn2nnnc2SC(C)c2ccc(C)cc2)cc1. The lowest BCUT2D eigenvalue weighted by Gasteiger charge is -2.11. The van der Waals surface area contributed by atoms with Gasteiger partial charge in [0.1, 0.15) is 5.75 Å². The van der Waals surface area contributed by atoms with Crippen molar-refractivity contribution in [2.75, 3.05) is 7.11 Å². The zero-order valence-corrected chi connectivity index (χ0v) is 14.8. The highest BCUT2D eigenvalue weighted by molar-refractivity contribution is 7.99. The predicted octanol–water partition coefficient (Wildman–Crippen LogP) is 3.89. The third kappa shape index (κ3) is 3.94. The van der Waals surface area contributed by atoms with Crippen molar-refractivity contribution in [1.82, 2.24) is 20.2 Å². The van der Waals surface area contributed by atoms with Gasteiger partial charge in [0.2, 0.25) is 5.16 Å². The van der Waals surface area contributed by atoms with Gasteiger partial charge in [0.15, 0.2) is 0 Å². The largest absolute Gasteiger partial charge is 0.497 e. The number of nitrogens with zero attached hydrogens (tertiary/aromatic N) is 4. The third-order valence-corrected chi connectivity index (χ3v) is 4.95. The zero-order chi connectivity index (χ0) is 16.9. The standard InChI is InChI=1S/C18H20N4OS/c1-13-4-8-16(9-5-13)14(2)24-18-19-20-21-22(18)12-15-6-10-17(23-3)11-7-15/h4-11,14H,12H2,1-3H3. The van der Waals surface area contributed by atoms with Crippen LogP contribution in [0.15, 0.2) is 53.7 Å². The summed E-state index contributed by atoms with van der Waals surface area (Å²) in [6.07, 6.45) is 0. The van der Waals surface area contributed by atoms with Gasteiger partial charge in [-0.15, -0.1) is 5.10 Å². The van der Waals surface area contributed by atoms with Crippen LogP contribution < -0.4 is 4.74 Å². The van der Waals surface area contributed by atoms with Crippen molar-refractivity contribution in [2.24, 2.45) is 0 Å². The summed E-state index contributed by atoms with van der Waals surface area (Å²) in [7, 11) is 1.66. The van der Waals surface area contributed by atoms with Crippen molar-refractivity contribution in [2.45, 2.75) is 30.8 Å². The van der Waals surface area contributed by atoms with Crippen molar-refractivity contribution in [3.63, 3.8) is 0 Å². The van der Waals surface area contributed by atoms with Crippen molar-refractivity contribution in [3.8, 4) is 5.75 Å². The summed E-state index contributed by atoms with van der Waals surface area (Å²) in [5, 5.41) is 13.2. The molecule has 1 unspecified atom stereocenters. The van der Waals surface area contributed by atoms with E-state index in [0.29, 0.717) is 6.54 Å². The van der Waals surface area contributed by atoms with Crippen LogP contribution in [0.4, 0.5) is 0 Å². The molecule has 0 saturated carbocycles. The van der Waals surface area contributed by atoms with Crippen LogP contribution in [-0.2, 0) is 6.54 Å². The highest BCUT2D eigenvalue weighted by Gasteiger charge is 2.14. The summed E-state index contributed by atoms with van der Waals surface area (Å²) in [4.78, 5) is 0. The fourth-order valence-electron chi connectivity index (χ4n) is 2.35. The number of ether oxygens (including phenoxy) is 1. The Kier molecular flexibility index (Phi) is 5.15. The van der Waals surface area contributed by atoms with Crippen LogP contribution in [0.5, 0.6) is 5.75 Å². The molecule has 0 radical (unpaired) electrons. The topological polar surface area (TPSA) is 52.8 Å². The minimum Gasteiger partial charge on any atom is -0.497 e. The Morgan fingerprint density at radius 3 is 2.46 bits per heavy atom. The Labute approximate surface area is 146 Å². The molecule has 0 aliphatic carbocycles. The number of tetrazole rings is 1. The van der Waals surface area contributed by atoms with E-state index in [4.69, 9.17) is 4.74 Å². The number of rotatable bonds is 6. The van der Waals surface area contributed by atoms with E-state index < -0.39 is 0 Å². The number of benzene rings is 2. The van der Waals surface area contributed by atoms with E-state index in [2.05, 4.69) is 53.6 Å². The Balaban J connectivity index is 1.71. The maximum atomic E-state index is 5.19. The lowest BCUT2D eigenvalue weighted by atomic mass is 10.1. The molecule has 0 fully saturated rings. The van der Waals surface area contributed by atoms with E-state index in [1.54, 1.807) is 18.9 Å². The average Bonchev–Trinajstić information content (AvgIpc) is 3.03. The van der Waals surface area contributed by atoms with E-state index >= 15 is 0 Å². The smallest absolute Gasteiger partial charge is 0.210 e. The maximum absolute atomic E-state index is 5.19. The van der Waals surface area contributed by atoms with Gasteiger partial charge < -0.3 is 4.74 Å². The van der Waals surface area contributed by atoms with Gasteiger partial charge in [-0.2, -0.15) is 0 Å². The molecule has 0 saturated heterocycles. The summed E-state index contributed by atoms with van der Waals surface area (Å²) in [5.74, 6) is 0.845. The lowest BCUT2D eigenvalue weighted by molar-refractivity contribution is 0.414. The molecule has 2 aromatic carbocycles. The second-order valence-electron chi connectivity index (χ2n) is 5.64. The molecule has 0 N–H and O–H groups in total. The van der Waals surface area contributed by atoms with Crippen LogP contribution in [0.25, 0.3) is 0 Å². The molecule has 0 bridgehead atoms. The normalized spacial score (nSPS) is 12.1. The van der Waals surface area contributed by atoms with E-state index in [0.717, 1.165) is 16.5 Å². The van der Waals surface area contributed by atoms with Crippen LogP contribution >= 0.6 is 11.8 Å². The van der Waals surface area contributed by atoms with Gasteiger partial charge in [0.05, 0.1) is 13.7 Å². The minimum atomic E-state index is 0.284. The Morgan fingerprint density at radius 2 is 1.79 bits per heavy atom. The Bertz CT molecular complexity index is 784. The first-order chi connectivity index (χ1) is 11.7. The molecule has 0 spiro atoms. The van der Waals surface area contributed by atoms with Gasteiger partial charge >= 0.3 is 0 Å². The fourth-order valence-corrected chi connectivity index (χ4v) is 3.26. The lowest BCUT2D eigenvalue weighted by Crippen LogP contribution is -2.04. The number of hydrogen-bond acceptors (Lipinski definition) is 5. The molecule has 3 rings (SSSR count). The Hall–Kier alpha value is -2.34. The van der Waals surface area contributed by atoms with Gasteiger partial charge in [-0.25, -0.2) is 4.68 Å². The van der Waals surface area contributed by atoms with Crippen LogP contribution in [-0.4, -0.2) is 27.3 Å². The molecule has 1 atom stereocenters. The molecule has 5 nitrogen and oxygen atoms in total. The van der Waals surface area contributed by atoms with Crippen LogP contribution in [0.3, 0.4) is 0 Å². The third-order valence-electron chi connectivity index (χ3n) is 3.82. The molecule has 124 valence electrons. The molecule has 1 heterocycles. The second kappa shape index (κ2) is 7.49. The summed E-state index contributed by atoms with van der Waals surface area (Å²) < 4.78 is 7.02. The number of methoxy groups -OCH3 is 1. The van der Waals surface area contributed by atoms with Crippen molar-refractivity contribution in [3.05, 3.63) is 65.2 Å². The number of aryl methyl sites for hydroxylation is 1. The van der Waals surface area contributed by atoms with Crippen molar-refractivity contribution >= 4 is 11.8 Å². The summed E-state index contributed by atoms with van der Waals surface area (Å²) in [6, 6.07) is 16.5. The molecule has 1 aromatic heterocycles. The molecule has 24 heavy (non-hydrogen) atoms. The summed E-state index contributed by atoms with van der Waals surface area (Å²) in [5.41, 5.74) is 3.66. The number of thioether (sulfide) groups is 1. The van der Waals surface area contributed by atoms with E-state index in [1.807, 2.05) is 28.9 Å². The molecule has 0 aliphatic heterocycles. The van der Waals surface area contributed by atoms with Crippen LogP contribution in [0.2, 0.25) is 0 Å². The maximum Gasteiger partial charge on any atom is 0.210 e. The van der Waals surface area contributed by atoms with Crippen molar-refractivity contribution < 1.29 is 4.74 Å². The first kappa shape index (κ1) is 16.5. The van der Waals surface area contributed by atoms with Gasteiger partial charge in [0.25, 0.3) is 0 Å². The Morgan fingerprint density at radius 1 is 1.08 bits per heavy atom. The van der Waals surface area contributed by atoms with Gasteiger partial charge in [-0.3, -0.25) is 0 Å². The van der Waals surface area contributed by atoms with E-state index in [1.165, 1.54) is 11.1 Å². The first-order valence-electron chi connectivity index (χ1n) is 7.78. The van der Waals surface area contributed by atoms with Crippen LogP contribution in [0, 0.1) is 6.92 Å². The fraction of sp³-hybridized carbons (Fsp3) is 0.278. The van der Waals surface area contributed by atoms with E-state index in [-0.39, 0.29) is 5.25 Å².